The predicted octanol–water partition coefficient (Wildman–Crippen LogP) is 2.48. The van der Waals surface area contributed by atoms with E-state index in [1.807, 2.05) is 13.0 Å². The van der Waals surface area contributed by atoms with Crippen molar-refractivity contribution in [1.82, 2.24) is 4.98 Å². The smallest absolute Gasteiger partial charge is 0.273 e. The maximum Gasteiger partial charge on any atom is 0.273 e. The number of nitro benzene ring substituents is 1. The first-order valence-electron chi connectivity index (χ1n) is 6.01. The summed E-state index contributed by atoms with van der Waals surface area (Å²) in [5, 5.41) is 13.5. The minimum absolute atomic E-state index is 0.0560. The molecule has 0 unspecified atom stereocenters. The fourth-order valence-electron chi connectivity index (χ4n) is 1.74. The molecule has 0 aliphatic heterocycles. The van der Waals surface area contributed by atoms with Crippen molar-refractivity contribution in [3.8, 4) is 0 Å². The van der Waals surface area contributed by atoms with Crippen molar-refractivity contribution in [3.63, 3.8) is 0 Å². The average Bonchev–Trinajstić information content (AvgIpc) is 2.41. The lowest BCUT2D eigenvalue weighted by Crippen LogP contribution is -2.16. The first kappa shape index (κ1) is 13.7. The Morgan fingerprint density at radius 3 is 2.70 bits per heavy atom. The van der Waals surface area contributed by atoms with Crippen molar-refractivity contribution in [2.75, 3.05) is 5.32 Å². The third kappa shape index (κ3) is 3.38. The van der Waals surface area contributed by atoms with Crippen LogP contribution >= 0.6 is 0 Å². The number of aromatic nitrogens is 1. The van der Waals surface area contributed by atoms with Gasteiger partial charge in [0.2, 0.25) is 5.91 Å². The molecule has 6 heteroatoms. The van der Waals surface area contributed by atoms with E-state index >= 15 is 0 Å². The van der Waals surface area contributed by atoms with Gasteiger partial charge in [-0.05, 0) is 18.6 Å². The molecule has 20 heavy (non-hydrogen) atoms. The van der Waals surface area contributed by atoms with Crippen molar-refractivity contribution >= 4 is 17.4 Å². The molecule has 0 spiro atoms. The number of hydrogen-bond donors (Lipinski definition) is 1. The summed E-state index contributed by atoms with van der Waals surface area (Å²) in [6.07, 6.45) is 1.58. The van der Waals surface area contributed by atoms with E-state index in [9.17, 15) is 14.9 Å². The summed E-state index contributed by atoms with van der Waals surface area (Å²) in [7, 11) is 0. The molecule has 1 N–H and O–H groups in total. The monoisotopic (exact) mass is 271 g/mol. The van der Waals surface area contributed by atoms with Crippen LogP contribution in [0.4, 0.5) is 11.5 Å². The van der Waals surface area contributed by atoms with Gasteiger partial charge < -0.3 is 5.32 Å². The molecule has 2 aromatic rings. The van der Waals surface area contributed by atoms with Crippen LogP contribution in [-0.2, 0) is 11.2 Å². The van der Waals surface area contributed by atoms with Gasteiger partial charge in [0, 0.05) is 17.8 Å². The topological polar surface area (TPSA) is 85.1 Å². The summed E-state index contributed by atoms with van der Waals surface area (Å²) in [6, 6.07) is 9.70. The number of hydrogen-bond acceptors (Lipinski definition) is 4. The van der Waals surface area contributed by atoms with Gasteiger partial charge in [-0.15, -0.1) is 0 Å². The Kier molecular flexibility index (Phi) is 4.05. The SMILES string of the molecule is Cc1ccc(NC(=O)Cc2ccccc2[N+](=O)[O-])nc1. The van der Waals surface area contributed by atoms with Crippen LogP contribution in [0.1, 0.15) is 11.1 Å². The molecule has 0 saturated carbocycles. The van der Waals surface area contributed by atoms with E-state index in [-0.39, 0.29) is 18.0 Å². The summed E-state index contributed by atoms with van der Waals surface area (Å²) in [6.45, 7) is 1.89. The van der Waals surface area contributed by atoms with E-state index in [1.165, 1.54) is 6.07 Å². The minimum Gasteiger partial charge on any atom is -0.310 e. The minimum atomic E-state index is -0.493. The molecule has 0 fully saturated rings. The van der Waals surface area contributed by atoms with Gasteiger partial charge in [-0.25, -0.2) is 4.98 Å². The highest BCUT2D eigenvalue weighted by Crippen LogP contribution is 2.18. The second kappa shape index (κ2) is 5.92. The summed E-state index contributed by atoms with van der Waals surface area (Å²) < 4.78 is 0. The second-order valence-corrected chi connectivity index (χ2v) is 4.33. The zero-order valence-corrected chi connectivity index (χ0v) is 10.9. The summed E-state index contributed by atoms with van der Waals surface area (Å²) in [4.78, 5) is 26.3. The number of carbonyl (C=O) groups is 1. The first-order valence-corrected chi connectivity index (χ1v) is 6.01. The fourth-order valence-corrected chi connectivity index (χ4v) is 1.74. The molecule has 1 heterocycles. The van der Waals surface area contributed by atoms with Gasteiger partial charge in [-0.1, -0.05) is 24.3 Å². The maximum absolute atomic E-state index is 11.9. The predicted molar refractivity (Wildman–Crippen MR) is 74.4 cm³/mol. The molecular formula is C14H13N3O3. The summed E-state index contributed by atoms with van der Waals surface area (Å²) in [5.41, 5.74) is 1.31. The molecule has 0 aliphatic rings. The third-order valence-electron chi connectivity index (χ3n) is 2.72. The number of para-hydroxylation sites is 1. The third-order valence-corrected chi connectivity index (χ3v) is 2.72. The lowest BCUT2D eigenvalue weighted by atomic mass is 10.1. The Morgan fingerprint density at radius 1 is 1.30 bits per heavy atom. The number of pyridine rings is 1. The highest BCUT2D eigenvalue weighted by molar-refractivity contribution is 5.91. The van der Waals surface area contributed by atoms with Gasteiger partial charge in [-0.3, -0.25) is 14.9 Å². The lowest BCUT2D eigenvalue weighted by Gasteiger charge is -2.05. The first-order chi connectivity index (χ1) is 9.56. The molecule has 0 radical (unpaired) electrons. The standard InChI is InChI=1S/C14H13N3O3/c1-10-6-7-13(15-9-10)16-14(18)8-11-4-2-3-5-12(11)17(19)20/h2-7,9H,8H2,1H3,(H,15,16,18). The number of amides is 1. The van der Waals surface area contributed by atoms with E-state index in [4.69, 9.17) is 0 Å². The number of nitrogens with one attached hydrogen (secondary N) is 1. The van der Waals surface area contributed by atoms with E-state index in [1.54, 1.807) is 30.5 Å². The highest BCUT2D eigenvalue weighted by Gasteiger charge is 2.15. The quantitative estimate of drug-likeness (QED) is 0.683. The van der Waals surface area contributed by atoms with Gasteiger partial charge in [-0.2, -0.15) is 0 Å². The molecule has 0 atom stereocenters. The maximum atomic E-state index is 11.9. The zero-order valence-electron chi connectivity index (χ0n) is 10.9. The van der Waals surface area contributed by atoms with Crippen LogP contribution < -0.4 is 5.32 Å². The van der Waals surface area contributed by atoms with Crippen LogP contribution in [0.5, 0.6) is 0 Å². The lowest BCUT2D eigenvalue weighted by molar-refractivity contribution is -0.385. The van der Waals surface area contributed by atoms with Crippen LogP contribution in [0.3, 0.4) is 0 Å². The Balaban J connectivity index is 2.08. The number of rotatable bonds is 4. The fraction of sp³-hybridized carbons (Fsp3) is 0.143. The molecule has 1 amide bonds. The number of nitrogens with zero attached hydrogens (tertiary/aromatic N) is 2. The van der Waals surface area contributed by atoms with Crippen LogP contribution in [-0.4, -0.2) is 15.8 Å². The van der Waals surface area contributed by atoms with E-state index < -0.39 is 4.92 Å². The van der Waals surface area contributed by atoms with E-state index in [2.05, 4.69) is 10.3 Å². The second-order valence-electron chi connectivity index (χ2n) is 4.33. The number of anilines is 1. The number of carbonyl (C=O) groups excluding carboxylic acids is 1. The van der Waals surface area contributed by atoms with Crippen molar-refractivity contribution in [2.24, 2.45) is 0 Å². The largest absolute Gasteiger partial charge is 0.310 e. The molecule has 6 nitrogen and oxygen atoms in total. The molecule has 1 aromatic heterocycles. The van der Waals surface area contributed by atoms with Crippen molar-refractivity contribution < 1.29 is 9.72 Å². The molecule has 0 bridgehead atoms. The number of nitro groups is 1. The normalized spacial score (nSPS) is 10.1. The molecule has 0 saturated heterocycles. The molecular weight excluding hydrogens is 258 g/mol. The van der Waals surface area contributed by atoms with E-state index in [0.29, 0.717) is 11.4 Å². The van der Waals surface area contributed by atoms with Crippen LogP contribution in [0.25, 0.3) is 0 Å². The molecule has 2 rings (SSSR count). The van der Waals surface area contributed by atoms with Crippen molar-refractivity contribution in [3.05, 3.63) is 63.8 Å². The summed E-state index contributed by atoms with van der Waals surface area (Å²) in [5.74, 6) is 0.0924. The van der Waals surface area contributed by atoms with Crippen LogP contribution in [0.15, 0.2) is 42.6 Å². The number of benzene rings is 1. The van der Waals surface area contributed by atoms with Gasteiger partial charge in [0.15, 0.2) is 0 Å². The Hall–Kier alpha value is -2.76. The number of aryl methyl sites for hydroxylation is 1. The van der Waals surface area contributed by atoms with Gasteiger partial charge >= 0.3 is 0 Å². The van der Waals surface area contributed by atoms with Gasteiger partial charge in [0.1, 0.15) is 5.82 Å². The van der Waals surface area contributed by atoms with Crippen molar-refractivity contribution in [2.45, 2.75) is 13.3 Å². The molecule has 102 valence electrons. The summed E-state index contributed by atoms with van der Waals surface area (Å²) >= 11 is 0. The average molecular weight is 271 g/mol. The van der Waals surface area contributed by atoms with Crippen molar-refractivity contribution in [1.29, 1.82) is 0 Å². The van der Waals surface area contributed by atoms with E-state index in [0.717, 1.165) is 5.56 Å². The Bertz CT molecular complexity index is 638. The van der Waals surface area contributed by atoms with Gasteiger partial charge in [0.05, 0.1) is 11.3 Å². The Morgan fingerprint density at radius 2 is 2.05 bits per heavy atom. The Labute approximate surface area is 115 Å². The highest BCUT2D eigenvalue weighted by atomic mass is 16.6. The zero-order chi connectivity index (χ0) is 14.5. The van der Waals surface area contributed by atoms with Crippen LogP contribution in [0, 0.1) is 17.0 Å². The van der Waals surface area contributed by atoms with Gasteiger partial charge in [0.25, 0.3) is 5.69 Å². The van der Waals surface area contributed by atoms with Crippen LogP contribution in [0.2, 0.25) is 0 Å². The molecule has 0 aliphatic carbocycles. The molecule has 1 aromatic carbocycles.